The Hall–Kier alpha value is -1.56. The number of nitrogens with zero attached hydrogens (tertiary/aromatic N) is 1. The van der Waals surface area contributed by atoms with Crippen molar-refractivity contribution >= 4 is 0 Å². The van der Waals surface area contributed by atoms with Crippen molar-refractivity contribution in [1.29, 1.82) is 0 Å². The van der Waals surface area contributed by atoms with E-state index in [0.29, 0.717) is 0 Å². The summed E-state index contributed by atoms with van der Waals surface area (Å²) in [5.74, 6) is 6.27. The molecule has 0 radical (unpaired) electrons. The van der Waals surface area contributed by atoms with Crippen LogP contribution in [0.1, 0.15) is 45.7 Å². The minimum absolute atomic E-state index is 0.0494. The molecule has 0 aliphatic carbocycles. The molecule has 22 heavy (non-hydrogen) atoms. The second-order valence-electron chi connectivity index (χ2n) is 7.38. The maximum Gasteiger partial charge on any atom is 0.0840 e. The molecule has 0 aromatic heterocycles. The first-order valence-corrected chi connectivity index (χ1v) is 7.76. The lowest BCUT2D eigenvalue weighted by atomic mass is 9.96. The summed E-state index contributed by atoms with van der Waals surface area (Å²) in [5, 5.41) is 10.1. The fraction of sp³-hybridized carbons (Fsp3) is 0.500. The lowest BCUT2D eigenvalue weighted by Gasteiger charge is -2.20. The number of benzene rings is 1. The third kappa shape index (κ3) is 7.45. The van der Waals surface area contributed by atoms with Crippen molar-refractivity contribution in [2.45, 2.75) is 46.8 Å². The normalized spacial score (nSPS) is 12.5. The van der Waals surface area contributed by atoms with Gasteiger partial charge in [0.25, 0.3) is 0 Å². The van der Waals surface area contributed by atoms with E-state index in [1.807, 2.05) is 32.1 Å². The molecular weight excluding hydrogens is 270 g/mol. The van der Waals surface area contributed by atoms with Gasteiger partial charge in [0.05, 0.1) is 5.60 Å². The largest absolute Gasteiger partial charge is 0.386 e. The van der Waals surface area contributed by atoms with Crippen LogP contribution < -0.4 is 0 Å². The maximum absolute atomic E-state index is 10.1. The van der Waals surface area contributed by atoms with Crippen molar-refractivity contribution in [2.24, 2.45) is 5.41 Å². The highest BCUT2D eigenvalue weighted by atomic mass is 16.3. The van der Waals surface area contributed by atoms with Crippen LogP contribution in [0.15, 0.2) is 36.4 Å². The van der Waals surface area contributed by atoms with Gasteiger partial charge in [0.1, 0.15) is 0 Å². The van der Waals surface area contributed by atoms with Crippen LogP contribution in [-0.4, -0.2) is 23.6 Å². The van der Waals surface area contributed by atoms with Crippen molar-refractivity contribution in [3.63, 3.8) is 0 Å². The van der Waals surface area contributed by atoms with E-state index >= 15 is 0 Å². The fourth-order valence-electron chi connectivity index (χ4n) is 1.98. The molecular formula is C20H29NO. The van der Waals surface area contributed by atoms with E-state index in [1.54, 1.807) is 0 Å². The molecule has 2 nitrogen and oxygen atoms in total. The summed E-state index contributed by atoms with van der Waals surface area (Å²) in [6.07, 6.45) is 4.01. The van der Waals surface area contributed by atoms with Gasteiger partial charge in [-0.15, -0.1) is 0 Å². The number of rotatable bonds is 5. The Labute approximate surface area is 135 Å². The monoisotopic (exact) mass is 299 g/mol. The van der Waals surface area contributed by atoms with Gasteiger partial charge in [-0.3, -0.25) is 4.90 Å². The Morgan fingerprint density at radius 3 is 2.45 bits per heavy atom. The molecule has 1 rings (SSSR count). The highest BCUT2D eigenvalue weighted by Crippen LogP contribution is 2.20. The molecule has 0 fully saturated rings. The predicted molar refractivity (Wildman–Crippen MR) is 94.4 cm³/mol. The van der Waals surface area contributed by atoms with Crippen LogP contribution in [-0.2, 0) is 12.1 Å². The first-order valence-electron chi connectivity index (χ1n) is 7.76. The zero-order valence-electron chi connectivity index (χ0n) is 14.8. The highest BCUT2D eigenvalue weighted by Gasteiger charge is 2.15. The molecule has 120 valence electrons. The van der Waals surface area contributed by atoms with E-state index in [2.05, 4.69) is 62.8 Å². The van der Waals surface area contributed by atoms with Crippen LogP contribution >= 0.6 is 0 Å². The Kier molecular flexibility index (Phi) is 6.41. The third-order valence-electron chi connectivity index (χ3n) is 3.15. The van der Waals surface area contributed by atoms with Gasteiger partial charge in [-0.2, -0.15) is 0 Å². The highest BCUT2D eigenvalue weighted by molar-refractivity contribution is 5.27. The third-order valence-corrected chi connectivity index (χ3v) is 3.15. The second kappa shape index (κ2) is 7.63. The molecule has 0 spiro atoms. The molecule has 2 heteroatoms. The average Bonchev–Trinajstić information content (AvgIpc) is 2.36. The molecule has 0 bridgehead atoms. The van der Waals surface area contributed by atoms with Crippen molar-refractivity contribution in [1.82, 2.24) is 4.90 Å². The van der Waals surface area contributed by atoms with Gasteiger partial charge in [-0.25, -0.2) is 0 Å². The van der Waals surface area contributed by atoms with Gasteiger partial charge in [0.15, 0.2) is 0 Å². The molecule has 1 N–H and O–H groups in total. The summed E-state index contributed by atoms with van der Waals surface area (Å²) in [4.78, 5) is 2.22. The SMILES string of the molecule is CN(CC=CC#CC(C)(C)C)Cc1cccc(C(C)(C)O)c1. The molecule has 0 atom stereocenters. The zero-order valence-corrected chi connectivity index (χ0v) is 14.8. The van der Waals surface area contributed by atoms with Gasteiger partial charge in [0, 0.05) is 18.5 Å². The van der Waals surface area contributed by atoms with Gasteiger partial charge in [-0.05, 0) is 58.9 Å². The summed E-state index contributed by atoms with van der Waals surface area (Å²) in [5.41, 5.74) is 1.41. The summed E-state index contributed by atoms with van der Waals surface area (Å²) >= 11 is 0. The van der Waals surface area contributed by atoms with E-state index in [4.69, 9.17) is 0 Å². The molecule has 0 unspecified atom stereocenters. The fourth-order valence-corrected chi connectivity index (χ4v) is 1.98. The second-order valence-corrected chi connectivity index (χ2v) is 7.38. The van der Waals surface area contributed by atoms with Gasteiger partial charge < -0.3 is 5.11 Å². The van der Waals surface area contributed by atoms with E-state index in [1.165, 1.54) is 5.56 Å². The zero-order chi connectivity index (χ0) is 16.8. The lowest BCUT2D eigenvalue weighted by Crippen LogP contribution is -2.19. The molecule has 0 saturated heterocycles. The van der Waals surface area contributed by atoms with E-state index in [0.717, 1.165) is 18.7 Å². The molecule has 0 aliphatic heterocycles. The summed E-state index contributed by atoms with van der Waals surface area (Å²) < 4.78 is 0. The maximum atomic E-state index is 10.1. The molecule has 0 heterocycles. The Morgan fingerprint density at radius 1 is 1.18 bits per heavy atom. The smallest absolute Gasteiger partial charge is 0.0840 e. The lowest BCUT2D eigenvalue weighted by molar-refractivity contribution is 0.0784. The van der Waals surface area contributed by atoms with Crippen LogP contribution in [0.2, 0.25) is 0 Å². The average molecular weight is 299 g/mol. The summed E-state index contributed by atoms with van der Waals surface area (Å²) in [6.45, 7) is 11.6. The van der Waals surface area contributed by atoms with Gasteiger partial charge in [0.2, 0.25) is 0 Å². The van der Waals surface area contributed by atoms with Crippen LogP contribution in [0.5, 0.6) is 0 Å². The molecule has 0 aliphatic rings. The van der Waals surface area contributed by atoms with E-state index < -0.39 is 5.60 Å². The Morgan fingerprint density at radius 2 is 1.86 bits per heavy atom. The molecule has 1 aromatic rings. The van der Waals surface area contributed by atoms with Crippen LogP contribution in [0.25, 0.3) is 0 Å². The number of allylic oxidation sites excluding steroid dienone is 1. The first-order chi connectivity index (χ1) is 10.1. The van der Waals surface area contributed by atoms with Crippen molar-refractivity contribution in [2.75, 3.05) is 13.6 Å². The predicted octanol–water partition coefficient (Wildman–Crippen LogP) is 3.95. The van der Waals surface area contributed by atoms with Gasteiger partial charge >= 0.3 is 0 Å². The first kappa shape index (κ1) is 18.5. The summed E-state index contributed by atoms with van der Waals surface area (Å²) in [7, 11) is 2.08. The number of likely N-dealkylation sites (N-methyl/N-ethyl adjacent to an activating group) is 1. The van der Waals surface area contributed by atoms with E-state index in [-0.39, 0.29) is 5.41 Å². The van der Waals surface area contributed by atoms with Crippen molar-refractivity contribution < 1.29 is 5.11 Å². The Bertz CT molecular complexity index is 562. The molecule has 0 amide bonds. The van der Waals surface area contributed by atoms with Crippen LogP contribution in [0.3, 0.4) is 0 Å². The number of hydrogen-bond acceptors (Lipinski definition) is 2. The van der Waals surface area contributed by atoms with Crippen molar-refractivity contribution in [3.8, 4) is 11.8 Å². The van der Waals surface area contributed by atoms with Crippen molar-refractivity contribution in [3.05, 3.63) is 47.5 Å². The quantitative estimate of drug-likeness (QED) is 0.832. The minimum Gasteiger partial charge on any atom is -0.386 e. The summed E-state index contributed by atoms with van der Waals surface area (Å²) in [6, 6.07) is 8.13. The topological polar surface area (TPSA) is 23.5 Å². The van der Waals surface area contributed by atoms with Crippen LogP contribution in [0.4, 0.5) is 0 Å². The Balaban J connectivity index is 2.57. The van der Waals surface area contributed by atoms with Gasteiger partial charge in [-0.1, -0.05) is 42.2 Å². The number of hydrogen-bond donors (Lipinski definition) is 1. The van der Waals surface area contributed by atoms with E-state index in [9.17, 15) is 5.11 Å². The molecule has 1 aromatic carbocycles. The van der Waals surface area contributed by atoms with Crippen LogP contribution in [0, 0.1) is 17.3 Å². The molecule has 0 saturated carbocycles. The standard InChI is InChI=1S/C20H29NO/c1-19(2,3)13-8-7-9-14-21(6)16-17-11-10-12-18(15-17)20(4,5)22/h7,9-12,15,22H,14,16H2,1-6H3. The number of aliphatic hydroxyl groups is 1. The minimum atomic E-state index is -0.795.